The van der Waals surface area contributed by atoms with Gasteiger partial charge in [-0.15, -0.1) is 0 Å². The summed E-state index contributed by atoms with van der Waals surface area (Å²) >= 11 is 0. The molecule has 1 heterocycles. The monoisotopic (exact) mass is 270 g/mol. The minimum atomic E-state index is -1.06. The summed E-state index contributed by atoms with van der Waals surface area (Å²) in [5.74, 6) is -1.34. The second-order valence-corrected chi connectivity index (χ2v) is 4.37. The number of para-hydroxylation sites is 1. The van der Waals surface area contributed by atoms with Gasteiger partial charge < -0.3 is 10.0 Å². The highest BCUT2D eigenvalue weighted by Gasteiger charge is 2.19. The SMILES string of the molecule is Cc1cc(C(=O)N(C)c2ccccc2C(=O)O)ccn1. The maximum atomic E-state index is 12.4. The minimum absolute atomic E-state index is 0.0918. The second kappa shape index (κ2) is 5.52. The molecule has 1 aromatic heterocycles. The number of carboxylic acids is 1. The van der Waals surface area contributed by atoms with Crippen LogP contribution in [0.15, 0.2) is 42.6 Å². The van der Waals surface area contributed by atoms with E-state index in [2.05, 4.69) is 4.98 Å². The van der Waals surface area contributed by atoms with Crippen LogP contribution in [0.5, 0.6) is 0 Å². The molecule has 5 heteroatoms. The Kier molecular flexibility index (Phi) is 3.79. The van der Waals surface area contributed by atoms with Crippen molar-refractivity contribution in [1.29, 1.82) is 0 Å². The number of hydrogen-bond acceptors (Lipinski definition) is 3. The number of amides is 1. The number of aromatic nitrogens is 1. The van der Waals surface area contributed by atoms with Crippen molar-refractivity contribution in [1.82, 2.24) is 4.98 Å². The van der Waals surface area contributed by atoms with Crippen molar-refractivity contribution in [3.8, 4) is 0 Å². The first-order valence-corrected chi connectivity index (χ1v) is 6.03. The average molecular weight is 270 g/mol. The molecule has 2 aromatic rings. The van der Waals surface area contributed by atoms with Crippen LogP contribution >= 0.6 is 0 Å². The maximum Gasteiger partial charge on any atom is 0.337 e. The van der Waals surface area contributed by atoms with E-state index in [-0.39, 0.29) is 11.5 Å². The lowest BCUT2D eigenvalue weighted by molar-refractivity contribution is 0.0697. The topological polar surface area (TPSA) is 70.5 Å². The lowest BCUT2D eigenvalue weighted by Crippen LogP contribution is -2.28. The van der Waals surface area contributed by atoms with Crippen LogP contribution in [-0.4, -0.2) is 29.0 Å². The number of carbonyl (C=O) groups is 2. The van der Waals surface area contributed by atoms with E-state index in [1.807, 2.05) is 0 Å². The van der Waals surface area contributed by atoms with E-state index in [0.29, 0.717) is 11.3 Å². The van der Waals surface area contributed by atoms with Crippen molar-refractivity contribution < 1.29 is 14.7 Å². The zero-order chi connectivity index (χ0) is 14.7. The van der Waals surface area contributed by atoms with Crippen LogP contribution in [0.25, 0.3) is 0 Å². The molecular weight excluding hydrogens is 256 g/mol. The number of carbonyl (C=O) groups excluding carboxylic acids is 1. The van der Waals surface area contributed by atoms with Crippen LogP contribution in [0, 0.1) is 6.92 Å². The summed E-state index contributed by atoms with van der Waals surface area (Å²) in [6, 6.07) is 9.68. The molecule has 0 aliphatic rings. The average Bonchev–Trinajstić information content (AvgIpc) is 2.45. The molecular formula is C15H14N2O3. The number of benzene rings is 1. The fourth-order valence-electron chi connectivity index (χ4n) is 1.93. The van der Waals surface area contributed by atoms with Gasteiger partial charge in [0.05, 0.1) is 11.3 Å². The number of hydrogen-bond donors (Lipinski definition) is 1. The highest BCUT2D eigenvalue weighted by molar-refractivity contribution is 6.09. The summed E-state index contributed by atoms with van der Waals surface area (Å²) in [6.45, 7) is 1.79. The number of nitrogens with zero attached hydrogens (tertiary/aromatic N) is 2. The molecule has 1 N–H and O–H groups in total. The van der Waals surface area contributed by atoms with Gasteiger partial charge in [0.15, 0.2) is 0 Å². The van der Waals surface area contributed by atoms with E-state index in [4.69, 9.17) is 5.11 Å². The lowest BCUT2D eigenvalue weighted by Gasteiger charge is -2.19. The molecule has 0 atom stereocenters. The van der Waals surface area contributed by atoms with Crippen molar-refractivity contribution in [2.45, 2.75) is 6.92 Å². The predicted molar refractivity (Wildman–Crippen MR) is 75.1 cm³/mol. The van der Waals surface area contributed by atoms with Crippen LogP contribution in [0.3, 0.4) is 0 Å². The van der Waals surface area contributed by atoms with E-state index < -0.39 is 5.97 Å². The molecule has 0 unspecified atom stereocenters. The molecule has 0 aliphatic carbocycles. The first-order chi connectivity index (χ1) is 9.50. The smallest absolute Gasteiger partial charge is 0.337 e. The highest BCUT2D eigenvalue weighted by atomic mass is 16.4. The summed E-state index contributed by atoms with van der Waals surface area (Å²) in [5, 5.41) is 9.16. The molecule has 0 aliphatic heterocycles. The van der Waals surface area contributed by atoms with Crippen molar-refractivity contribution in [2.24, 2.45) is 0 Å². The van der Waals surface area contributed by atoms with Crippen LogP contribution in [0.2, 0.25) is 0 Å². The molecule has 0 bridgehead atoms. The van der Waals surface area contributed by atoms with Gasteiger partial charge in [-0.3, -0.25) is 9.78 Å². The number of pyridine rings is 1. The normalized spacial score (nSPS) is 10.1. The number of rotatable bonds is 3. The number of aromatic carboxylic acids is 1. The summed E-state index contributed by atoms with van der Waals surface area (Å²) in [7, 11) is 1.56. The second-order valence-electron chi connectivity index (χ2n) is 4.37. The predicted octanol–water partition coefficient (Wildman–Crippen LogP) is 2.36. The van der Waals surface area contributed by atoms with Gasteiger partial charge in [-0.1, -0.05) is 12.1 Å². The quantitative estimate of drug-likeness (QED) is 0.929. The number of anilines is 1. The van der Waals surface area contributed by atoms with Gasteiger partial charge in [0.2, 0.25) is 0 Å². The summed E-state index contributed by atoms with van der Waals surface area (Å²) in [4.78, 5) is 28.9. The van der Waals surface area contributed by atoms with Gasteiger partial charge >= 0.3 is 5.97 Å². The van der Waals surface area contributed by atoms with Gasteiger partial charge in [-0.2, -0.15) is 0 Å². The zero-order valence-corrected chi connectivity index (χ0v) is 11.2. The van der Waals surface area contributed by atoms with Gasteiger partial charge in [0.1, 0.15) is 0 Å². The third-order valence-corrected chi connectivity index (χ3v) is 2.94. The summed E-state index contributed by atoms with van der Waals surface area (Å²) < 4.78 is 0. The summed E-state index contributed by atoms with van der Waals surface area (Å²) in [6.07, 6.45) is 1.56. The van der Waals surface area contributed by atoms with Crippen molar-refractivity contribution >= 4 is 17.6 Å². The third-order valence-electron chi connectivity index (χ3n) is 2.94. The fraction of sp³-hybridized carbons (Fsp3) is 0.133. The van der Waals surface area contributed by atoms with E-state index >= 15 is 0 Å². The van der Waals surface area contributed by atoms with Gasteiger partial charge in [-0.25, -0.2) is 4.79 Å². The first-order valence-electron chi connectivity index (χ1n) is 6.03. The Balaban J connectivity index is 2.39. The molecule has 0 saturated carbocycles. The van der Waals surface area contributed by atoms with Gasteiger partial charge in [0, 0.05) is 24.5 Å². The Morgan fingerprint density at radius 1 is 1.20 bits per heavy atom. The van der Waals surface area contributed by atoms with E-state index in [1.165, 1.54) is 11.0 Å². The van der Waals surface area contributed by atoms with Crippen molar-refractivity contribution in [2.75, 3.05) is 11.9 Å². The van der Waals surface area contributed by atoms with E-state index in [1.54, 1.807) is 50.5 Å². The summed E-state index contributed by atoms with van der Waals surface area (Å²) in [5.41, 5.74) is 1.66. The third kappa shape index (κ3) is 2.66. The Bertz CT molecular complexity index is 668. The molecule has 0 fully saturated rings. The molecule has 1 aromatic carbocycles. The Hall–Kier alpha value is -2.69. The van der Waals surface area contributed by atoms with Gasteiger partial charge in [-0.05, 0) is 31.2 Å². The highest BCUT2D eigenvalue weighted by Crippen LogP contribution is 2.21. The molecule has 0 radical (unpaired) electrons. The van der Waals surface area contributed by atoms with Gasteiger partial charge in [0.25, 0.3) is 5.91 Å². The molecule has 2 rings (SSSR count). The number of aryl methyl sites for hydroxylation is 1. The lowest BCUT2D eigenvalue weighted by atomic mass is 10.1. The van der Waals surface area contributed by atoms with E-state index in [9.17, 15) is 9.59 Å². The maximum absolute atomic E-state index is 12.4. The Labute approximate surface area is 116 Å². The molecule has 1 amide bonds. The van der Waals surface area contributed by atoms with Crippen LogP contribution in [0.4, 0.5) is 5.69 Å². The largest absolute Gasteiger partial charge is 0.478 e. The molecule has 102 valence electrons. The van der Waals surface area contributed by atoms with E-state index in [0.717, 1.165) is 5.69 Å². The van der Waals surface area contributed by atoms with Crippen LogP contribution < -0.4 is 4.90 Å². The zero-order valence-electron chi connectivity index (χ0n) is 11.2. The molecule has 20 heavy (non-hydrogen) atoms. The fourth-order valence-corrected chi connectivity index (χ4v) is 1.93. The minimum Gasteiger partial charge on any atom is -0.478 e. The van der Waals surface area contributed by atoms with Crippen LogP contribution in [0.1, 0.15) is 26.4 Å². The Morgan fingerprint density at radius 2 is 1.90 bits per heavy atom. The molecule has 5 nitrogen and oxygen atoms in total. The van der Waals surface area contributed by atoms with Crippen molar-refractivity contribution in [3.63, 3.8) is 0 Å². The number of carboxylic acid groups (broad SMARTS) is 1. The van der Waals surface area contributed by atoms with Crippen LogP contribution in [-0.2, 0) is 0 Å². The molecule has 0 spiro atoms. The standard InChI is InChI=1S/C15H14N2O3/c1-10-9-11(7-8-16-10)14(18)17(2)13-6-4-3-5-12(13)15(19)20/h3-9H,1-2H3,(H,19,20). The molecule has 0 saturated heterocycles. The first kappa shape index (κ1) is 13.7. The Morgan fingerprint density at radius 3 is 2.55 bits per heavy atom. The van der Waals surface area contributed by atoms with Crippen molar-refractivity contribution in [3.05, 3.63) is 59.4 Å².